The van der Waals surface area contributed by atoms with Gasteiger partial charge < -0.3 is 28.4 Å². The molecule has 0 aromatic heterocycles. The van der Waals surface area contributed by atoms with Crippen molar-refractivity contribution in [3.63, 3.8) is 0 Å². The molecule has 0 atom stereocenters. The highest BCUT2D eigenvalue weighted by Gasteiger charge is 2.52. The van der Waals surface area contributed by atoms with Gasteiger partial charge in [0.25, 0.3) is 10.1 Å². The lowest BCUT2D eigenvalue weighted by Crippen LogP contribution is -2.68. The summed E-state index contributed by atoms with van der Waals surface area (Å²) < 4.78 is 59.7. The van der Waals surface area contributed by atoms with Crippen LogP contribution in [0, 0.1) is 23.2 Å². The number of hydrogen-bond acceptors (Lipinski definition) is 12. The van der Waals surface area contributed by atoms with Crippen LogP contribution in [-0.2, 0) is 42.7 Å². The first kappa shape index (κ1) is 33.3. The molecule has 234 valence electrons. The zero-order valence-electron chi connectivity index (χ0n) is 25.0. The van der Waals surface area contributed by atoms with Crippen molar-refractivity contribution < 1.29 is 50.6 Å². The lowest BCUT2D eigenvalue weighted by atomic mass is 10.0. The van der Waals surface area contributed by atoms with Gasteiger partial charge in [0.05, 0.1) is 71.5 Å². The average Bonchev–Trinajstić information content (AvgIpc) is 2.78. The van der Waals surface area contributed by atoms with Crippen molar-refractivity contribution in [1.29, 1.82) is 5.26 Å². The third-order valence-corrected chi connectivity index (χ3v) is 6.82. The van der Waals surface area contributed by atoms with Crippen LogP contribution < -0.4 is 0 Å². The van der Waals surface area contributed by atoms with E-state index in [0.717, 1.165) is 6.26 Å². The Morgan fingerprint density at radius 2 is 1.17 bits per heavy atom. The van der Waals surface area contributed by atoms with Gasteiger partial charge in [-0.1, -0.05) is 0 Å². The van der Waals surface area contributed by atoms with Crippen LogP contribution in [0.2, 0.25) is 0 Å². The molecule has 41 heavy (non-hydrogen) atoms. The molecule has 0 N–H and O–H groups in total. The van der Waals surface area contributed by atoms with Crippen molar-refractivity contribution in [2.75, 3.05) is 65.5 Å². The van der Waals surface area contributed by atoms with Crippen molar-refractivity contribution in [2.45, 2.75) is 70.7 Å². The minimum atomic E-state index is -3.46. The molecule has 2 amide bonds. The molecule has 14 nitrogen and oxygen atoms in total. The molecule has 4 fully saturated rings. The summed E-state index contributed by atoms with van der Waals surface area (Å²) in [5.74, 6) is -1.48. The van der Waals surface area contributed by atoms with E-state index in [0.29, 0.717) is 59.0 Å². The maximum Gasteiger partial charge on any atom is 0.410 e. The molecule has 2 spiro atoms. The predicted molar refractivity (Wildman–Crippen MR) is 143 cm³/mol. The zero-order valence-corrected chi connectivity index (χ0v) is 25.8. The summed E-state index contributed by atoms with van der Waals surface area (Å²) in [6, 6.07) is 2.11. The second-order valence-corrected chi connectivity index (χ2v) is 14.5. The van der Waals surface area contributed by atoms with Crippen LogP contribution in [0.4, 0.5) is 9.59 Å². The molecule has 4 aliphatic heterocycles. The molecule has 4 aliphatic rings. The number of ether oxygens (including phenoxy) is 6. The van der Waals surface area contributed by atoms with E-state index in [1.54, 1.807) is 25.7 Å². The zero-order chi connectivity index (χ0) is 30.7. The molecule has 0 unspecified atom stereocenters. The lowest BCUT2D eigenvalue weighted by molar-refractivity contribution is -0.329. The Bertz CT molecular complexity index is 1060. The van der Waals surface area contributed by atoms with Gasteiger partial charge in [0.1, 0.15) is 11.2 Å². The van der Waals surface area contributed by atoms with E-state index in [9.17, 15) is 18.0 Å². The number of nitriles is 1. The molecule has 4 rings (SSSR count). The SMILES string of the molecule is CC(C)(C)OC(=O)N1CC2(C1)OCC(CC#N)CO2.CC(C)(C)OC(=O)N1CC2(C1)OCC(COS(C)(=O)=O)CO2. The lowest BCUT2D eigenvalue weighted by Gasteiger charge is -2.51. The van der Waals surface area contributed by atoms with Crippen LogP contribution in [0.25, 0.3) is 0 Å². The minimum absolute atomic E-state index is 0.0324. The molecule has 0 saturated carbocycles. The van der Waals surface area contributed by atoms with Gasteiger partial charge in [-0.3, -0.25) is 14.0 Å². The molecule has 0 radical (unpaired) electrons. The van der Waals surface area contributed by atoms with E-state index in [-0.39, 0.29) is 24.5 Å². The van der Waals surface area contributed by atoms with E-state index in [4.69, 9.17) is 37.9 Å². The maximum atomic E-state index is 11.9. The molecule has 0 aliphatic carbocycles. The van der Waals surface area contributed by atoms with E-state index in [1.807, 2.05) is 20.8 Å². The topological polar surface area (TPSA) is 163 Å². The van der Waals surface area contributed by atoms with Crippen LogP contribution in [0.15, 0.2) is 0 Å². The summed E-state index contributed by atoms with van der Waals surface area (Å²) in [5.41, 5.74) is -1.03. The largest absolute Gasteiger partial charge is 0.444 e. The number of hydrogen-bond donors (Lipinski definition) is 0. The van der Waals surface area contributed by atoms with Crippen molar-refractivity contribution >= 4 is 22.3 Å². The fourth-order valence-electron chi connectivity index (χ4n) is 4.17. The highest BCUT2D eigenvalue weighted by atomic mass is 32.2. The highest BCUT2D eigenvalue weighted by molar-refractivity contribution is 7.85. The van der Waals surface area contributed by atoms with E-state index in [2.05, 4.69) is 6.07 Å². The minimum Gasteiger partial charge on any atom is -0.444 e. The third kappa shape index (κ3) is 10.2. The molecule has 0 bridgehead atoms. The molecular formula is C26H43N3O11S. The Morgan fingerprint density at radius 3 is 1.49 bits per heavy atom. The summed E-state index contributed by atoms with van der Waals surface area (Å²) in [6.07, 6.45) is 0.701. The van der Waals surface area contributed by atoms with Crippen molar-refractivity contribution in [2.24, 2.45) is 11.8 Å². The quantitative estimate of drug-likeness (QED) is 0.429. The van der Waals surface area contributed by atoms with Crippen LogP contribution in [0.1, 0.15) is 48.0 Å². The number of amides is 2. The fraction of sp³-hybridized carbons (Fsp3) is 0.885. The van der Waals surface area contributed by atoms with Crippen LogP contribution in [0.5, 0.6) is 0 Å². The first-order chi connectivity index (χ1) is 18.8. The number of carbonyl (C=O) groups is 2. The van der Waals surface area contributed by atoms with E-state index < -0.39 is 39.0 Å². The number of carbonyl (C=O) groups excluding carboxylic acids is 2. The van der Waals surface area contributed by atoms with Gasteiger partial charge in [-0.05, 0) is 41.5 Å². The van der Waals surface area contributed by atoms with E-state index in [1.165, 1.54) is 4.90 Å². The summed E-state index contributed by atoms with van der Waals surface area (Å²) in [6.45, 7) is 14.0. The van der Waals surface area contributed by atoms with Gasteiger partial charge in [0.2, 0.25) is 11.6 Å². The van der Waals surface area contributed by atoms with Gasteiger partial charge in [0, 0.05) is 18.3 Å². The monoisotopic (exact) mass is 605 g/mol. The Hall–Kier alpha value is -2.22. The molecular weight excluding hydrogens is 562 g/mol. The van der Waals surface area contributed by atoms with Gasteiger partial charge in [-0.25, -0.2) is 9.59 Å². The van der Waals surface area contributed by atoms with E-state index >= 15 is 0 Å². The highest BCUT2D eigenvalue weighted by Crippen LogP contribution is 2.34. The number of nitrogens with zero attached hydrogens (tertiary/aromatic N) is 3. The average molecular weight is 606 g/mol. The summed E-state index contributed by atoms with van der Waals surface area (Å²) in [5, 5.41) is 8.61. The van der Waals surface area contributed by atoms with Crippen molar-refractivity contribution in [1.82, 2.24) is 9.80 Å². The smallest absolute Gasteiger partial charge is 0.410 e. The van der Waals surface area contributed by atoms with Crippen molar-refractivity contribution in [3.8, 4) is 6.07 Å². The molecule has 4 heterocycles. The summed E-state index contributed by atoms with van der Waals surface area (Å²) in [7, 11) is -3.46. The molecule has 0 aromatic rings. The molecule has 0 aromatic carbocycles. The van der Waals surface area contributed by atoms with Crippen LogP contribution in [0.3, 0.4) is 0 Å². The number of rotatable bonds is 4. The van der Waals surface area contributed by atoms with Gasteiger partial charge >= 0.3 is 12.2 Å². The summed E-state index contributed by atoms with van der Waals surface area (Å²) in [4.78, 5) is 26.7. The number of likely N-dealkylation sites (tertiary alicyclic amines) is 2. The Balaban J connectivity index is 0.000000228. The maximum absolute atomic E-state index is 11.9. The molecule has 15 heteroatoms. The Morgan fingerprint density at radius 1 is 0.805 bits per heavy atom. The third-order valence-electron chi connectivity index (χ3n) is 6.26. The van der Waals surface area contributed by atoms with Crippen LogP contribution in [-0.4, -0.2) is 119 Å². The van der Waals surface area contributed by atoms with Gasteiger partial charge in [0.15, 0.2) is 0 Å². The standard InChI is InChI=1S/C13H20N2O4.C13H23NO7S/c1-12(2,3)19-11(16)15-8-13(9-15)17-6-10(4-5-14)7-18-13;1-12(2,3)21-11(15)14-8-13(9-14)18-5-10(6-19-13)7-20-22(4,16)17/h10H,4,6-9H2,1-3H3;10H,5-9H2,1-4H3. The molecule has 4 saturated heterocycles. The Labute approximate surface area is 242 Å². The van der Waals surface area contributed by atoms with Gasteiger partial charge in [-0.15, -0.1) is 0 Å². The Kier molecular flexibility index (Phi) is 10.2. The first-order valence-corrected chi connectivity index (χ1v) is 15.4. The fourth-order valence-corrected chi connectivity index (χ4v) is 4.61. The van der Waals surface area contributed by atoms with Gasteiger partial charge in [-0.2, -0.15) is 13.7 Å². The second kappa shape index (κ2) is 12.6. The van der Waals surface area contributed by atoms with Crippen molar-refractivity contribution in [3.05, 3.63) is 0 Å². The second-order valence-electron chi connectivity index (χ2n) is 12.8. The normalized spacial score (nSPS) is 22.6. The predicted octanol–water partition coefficient (Wildman–Crippen LogP) is 2.08. The summed E-state index contributed by atoms with van der Waals surface area (Å²) >= 11 is 0. The van der Waals surface area contributed by atoms with Crippen LogP contribution >= 0.6 is 0 Å². The first-order valence-electron chi connectivity index (χ1n) is 13.5.